The first-order valence-electron chi connectivity index (χ1n) is 28.9. The molecule has 408 valence electrons. The number of aryl methyl sites for hydroxylation is 7. The van der Waals surface area contributed by atoms with Gasteiger partial charge in [0.25, 0.3) is 0 Å². The average Bonchev–Trinajstić information content (AvgIpc) is 3.46. The summed E-state index contributed by atoms with van der Waals surface area (Å²) in [5.74, 6) is 0.657. The number of fused-ring (bicyclic) bond motifs is 4. The van der Waals surface area contributed by atoms with E-state index in [2.05, 4.69) is 309 Å². The van der Waals surface area contributed by atoms with E-state index in [1.54, 1.807) is 0 Å². The zero-order valence-corrected chi connectivity index (χ0v) is 51.2. The molecule has 0 saturated carbocycles. The molecule has 8 aromatic carbocycles. The van der Waals surface area contributed by atoms with Crippen molar-refractivity contribution in [2.45, 2.75) is 170 Å². The lowest BCUT2D eigenvalue weighted by atomic mass is 9.85. The van der Waals surface area contributed by atoms with Gasteiger partial charge >= 0.3 is 0 Å². The molecule has 0 heterocycles. The Kier molecular flexibility index (Phi) is 40.9. The molecule has 0 aromatic heterocycles. The molecule has 0 bridgehead atoms. The lowest BCUT2D eigenvalue weighted by molar-refractivity contribution is 0.746. The topological polar surface area (TPSA) is 0 Å². The number of allylic oxidation sites excluding steroid dienone is 8. The molecule has 2 aliphatic carbocycles. The summed E-state index contributed by atoms with van der Waals surface area (Å²) in [5, 5.41) is 7.93. The molecule has 0 fully saturated rings. The Hall–Kier alpha value is -6.50. The number of benzene rings is 8. The highest BCUT2D eigenvalue weighted by molar-refractivity contribution is 5.84. The number of hydrogen-bond donors (Lipinski definition) is 0. The average molecular weight is 1020 g/mol. The van der Waals surface area contributed by atoms with Crippen LogP contribution in [0, 0.1) is 54.4 Å². The van der Waals surface area contributed by atoms with Crippen molar-refractivity contribution in [2.75, 3.05) is 0 Å². The molecule has 0 radical (unpaired) electrons. The normalized spacial score (nSPS) is 11.7. The monoisotopic (exact) mass is 1020 g/mol. The van der Waals surface area contributed by atoms with Gasteiger partial charge in [0, 0.05) is 5.92 Å². The van der Waals surface area contributed by atoms with Crippen molar-refractivity contribution >= 4 is 32.3 Å². The van der Waals surface area contributed by atoms with E-state index >= 15 is 0 Å². The second kappa shape index (κ2) is 44.8. The van der Waals surface area contributed by atoms with Crippen LogP contribution in [0.4, 0.5) is 0 Å². The summed E-state index contributed by atoms with van der Waals surface area (Å²) >= 11 is 0. The molecule has 8 aromatic rings. The predicted molar refractivity (Wildman–Crippen MR) is 351 cm³/mol. The first-order chi connectivity index (χ1) is 36.8. The summed E-state index contributed by atoms with van der Waals surface area (Å²) in [6, 6.07) is 61.7. The standard InChI is InChI=1S/C11H12.3C11H10.2C8H10.3C4H10.2C2H6/c4*1-9-6-7-10-4-2-3-5-11(10)8-9;2*1-7-3-5-8(2)6-4-7;3*1-3-4-2;2*1-2/h2-7,11H,8H2,1H3;3*2-8H,1H3;2*3-6H,1-2H3;3*3-4H2,1-2H3;2*1-2H3. The van der Waals surface area contributed by atoms with Gasteiger partial charge in [-0.1, -0.05) is 365 Å². The maximum absolute atomic E-state index is 2.28. The van der Waals surface area contributed by atoms with Crippen LogP contribution in [0.2, 0.25) is 0 Å². The van der Waals surface area contributed by atoms with E-state index in [1.807, 2.05) is 27.7 Å². The summed E-state index contributed by atoms with van der Waals surface area (Å²) in [5.41, 5.74) is 12.2. The number of rotatable bonds is 3. The maximum atomic E-state index is 2.28. The molecule has 0 saturated heterocycles. The quantitative estimate of drug-likeness (QED) is 0.165. The Labute approximate surface area is 467 Å². The highest BCUT2D eigenvalue weighted by atomic mass is 14.2. The van der Waals surface area contributed by atoms with Gasteiger partial charge in [0.05, 0.1) is 0 Å². The molecular weight excluding hydrogens is 913 g/mol. The van der Waals surface area contributed by atoms with Gasteiger partial charge < -0.3 is 0 Å². The van der Waals surface area contributed by atoms with E-state index < -0.39 is 0 Å². The van der Waals surface area contributed by atoms with Gasteiger partial charge in [-0.2, -0.15) is 0 Å². The Morgan fingerprint density at radius 2 is 0.566 bits per heavy atom. The second-order valence-corrected chi connectivity index (χ2v) is 19.1. The van der Waals surface area contributed by atoms with E-state index in [4.69, 9.17) is 0 Å². The largest absolute Gasteiger partial charge is 0.0767 e. The van der Waals surface area contributed by atoms with E-state index in [0.29, 0.717) is 5.92 Å². The van der Waals surface area contributed by atoms with Crippen molar-refractivity contribution in [1.29, 1.82) is 0 Å². The third-order valence-corrected chi connectivity index (χ3v) is 11.9. The maximum Gasteiger partial charge on any atom is 0.00582 e. The van der Waals surface area contributed by atoms with Crippen LogP contribution in [0.25, 0.3) is 32.3 Å². The van der Waals surface area contributed by atoms with Crippen LogP contribution < -0.4 is 0 Å². The van der Waals surface area contributed by atoms with Gasteiger partial charge in [0.15, 0.2) is 0 Å². The van der Waals surface area contributed by atoms with Gasteiger partial charge in [-0.15, -0.1) is 0 Å². The minimum atomic E-state index is 0.657. The zero-order valence-electron chi connectivity index (χ0n) is 51.2. The molecule has 2 aliphatic rings. The Bertz CT molecular complexity index is 2500. The van der Waals surface area contributed by atoms with Gasteiger partial charge in [-0.05, 0) is 99.7 Å². The van der Waals surface area contributed by atoms with Crippen LogP contribution in [-0.4, -0.2) is 0 Å². The smallest absolute Gasteiger partial charge is 0.00582 e. The van der Waals surface area contributed by atoms with Gasteiger partial charge in [0.2, 0.25) is 0 Å². The SMILES string of the molecule is CC.CC.CC1=CC=C2C=CC=CC2C1.CCCC.CCCC.CCCC.Cc1ccc(C)cc1.Cc1ccc(C)cc1.Cc1ccc2ccccc2c1.Cc1ccc2ccccc2c1.Cc1ccc2ccccc2c1. The van der Waals surface area contributed by atoms with Crippen LogP contribution in [0.5, 0.6) is 0 Å². The molecule has 76 heavy (non-hydrogen) atoms. The molecule has 0 nitrogen and oxygen atoms in total. The molecule has 0 amide bonds. The van der Waals surface area contributed by atoms with Crippen LogP contribution >= 0.6 is 0 Å². The molecular formula is C76H104. The Morgan fingerprint density at radius 3 is 0.842 bits per heavy atom. The van der Waals surface area contributed by atoms with Gasteiger partial charge in [-0.3, -0.25) is 0 Å². The zero-order chi connectivity index (χ0) is 56.9. The fourth-order valence-corrected chi connectivity index (χ4v) is 6.82. The third kappa shape index (κ3) is 32.1. The van der Waals surface area contributed by atoms with E-state index in [1.165, 1.54) is 127 Å². The minimum Gasteiger partial charge on any atom is -0.0767 e. The second-order valence-electron chi connectivity index (χ2n) is 19.1. The first-order valence-corrected chi connectivity index (χ1v) is 28.9. The van der Waals surface area contributed by atoms with Gasteiger partial charge in [0.1, 0.15) is 0 Å². The molecule has 1 unspecified atom stereocenters. The van der Waals surface area contributed by atoms with Crippen LogP contribution in [-0.2, 0) is 0 Å². The molecule has 0 heteroatoms. The van der Waals surface area contributed by atoms with Crippen molar-refractivity contribution in [3.05, 3.63) is 262 Å². The minimum absolute atomic E-state index is 0.657. The van der Waals surface area contributed by atoms with Crippen LogP contribution in [0.1, 0.15) is 160 Å². The predicted octanol–water partition coefficient (Wildman–Crippen LogP) is 24.5. The summed E-state index contributed by atoms with van der Waals surface area (Å²) < 4.78 is 0. The van der Waals surface area contributed by atoms with E-state index in [0.717, 1.165) is 0 Å². The third-order valence-electron chi connectivity index (χ3n) is 11.9. The Morgan fingerprint density at radius 1 is 0.303 bits per heavy atom. The van der Waals surface area contributed by atoms with Crippen molar-refractivity contribution in [2.24, 2.45) is 5.92 Å². The van der Waals surface area contributed by atoms with E-state index in [9.17, 15) is 0 Å². The van der Waals surface area contributed by atoms with Crippen molar-refractivity contribution in [3.63, 3.8) is 0 Å². The van der Waals surface area contributed by atoms with Crippen molar-refractivity contribution in [3.8, 4) is 0 Å². The highest BCUT2D eigenvalue weighted by Crippen LogP contribution is 2.29. The number of unbranched alkanes of at least 4 members (excludes halogenated alkanes) is 3. The van der Waals surface area contributed by atoms with Gasteiger partial charge in [-0.25, -0.2) is 0 Å². The first kappa shape index (κ1) is 69.5. The lowest BCUT2D eigenvalue weighted by Crippen LogP contribution is -2.05. The molecule has 0 aliphatic heterocycles. The highest BCUT2D eigenvalue weighted by Gasteiger charge is 2.13. The summed E-state index contributed by atoms with van der Waals surface area (Å²) in [6.45, 7) is 38.0. The summed E-state index contributed by atoms with van der Waals surface area (Å²) in [4.78, 5) is 0. The van der Waals surface area contributed by atoms with Crippen LogP contribution in [0.15, 0.2) is 224 Å². The fourth-order valence-electron chi connectivity index (χ4n) is 6.82. The van der Waals surface area contributed by atoms with Crippen molar-refractivity contribution in [1.82, 2.24) is 0 Å². The summed E-state index contributed by atoms with van der Waals surface area (Å²) in [7, 11) is 0. The van der Waals surface area contributed by atoms with Crippen molar-refractivity contribution < 1.29 is 0 Å². The molecule has 10 rings (SSSR count). The lowest BCUT2D eigenvalue weighted by Gasteiger charge is -2.20. The molecule has 1 atom stereocenters. The van der Waals surface area contributed by atoms with E-state index in [-0.39, 0.29) is 0 Å². The fraction of sp³-hybridized carbons (Fsp3) is 0.342. The Balaban J connectivity index is 0.000000844. The molecule has 0 N–H and O–H groups in total. The van der Waals surface area contributed by atoms with Crippen LogP contribution in [0.3, 0.4) is 0 Å². The number of hydrogen-bond acceptors (Lipinski definition) is 0. The summed E-state index contributed by atoms with van der Waals surface area (Å²) in [6.07, 6.45) is 22.3. The molecule has 0 spiro atoms.